The highest BCUT2D eigenvalue weighted by atomic mass is 35.5. The van der Waals surface area contributed by atoms with Crippen LogP contribution in [0.3, 0.4) is 0 Å². The number of benzene rings is 2. The summed E-state index contributed by atoms with van der Waals surface area (Å²) in [6.45, 7) is 2.77. The maximum absolute atomic E-state index is 12.3. The molecule has 0 aliphatic heterocycles. The molecular formula is C18H14Cl3NO4. The maximum Gasteiger partial charge on any atom is 0.342 e. The van der Waals surface area contributed by atoms with E-state index in [0.29, 0.717) is 11.3 Å². The third-order valence-electron chi connectivity index (χ3n) is 3.47. The molecule has 136 valence electrons. The van der Waals surface area contributed by atoms with Crippen molar-refractivity contribution in [1.29, 1.82) is 0 Å². The fourth-order valence-corrected chi connectivity index (χ4v) is 2.80. The SMILES string of the molecule is CC(=O)c1ccccc1NC(=O)C(C)OC(=O)c1c(Cl)ccc(Cl)c1Cl. The molecular weight excluding hydrogens is 401 g/mol. The van der Waals surface area contributed by atoms with Crippen LogP contribution in [0.4, 0.5) is 5.69 Å². The number of para-hydroxylation sites is 1. The summed E-state index contributed by atoms with van der Waals surface area (Å²) in [5.41, 5.74) is 0.552. The van der Waals surface area contributed by atoms with E-state index in [2.05, 4.69) is 5.32 Å². The van der Waals surface area contributed by atoms with Gasteiger partial charge in [-0.25, -0.2) is 4.79 Å². The molecule has 26 heavy (non-hydrogen) atoms. The molecule has 5 nitrogen and oxygen atoms in total. The Balaban J connectivity index is 2.14. The Kier molecular flexibility index (Phi) is 6.64. The number of esters is 1. The van der Waals surface area contributed by atoms with Crippen molar-refractivity contribution < 1.29 is 19.1 Å². The Morgan fingerprint density at radius 3 is 2.27 bits per heavy atom. The van der Waals surface area contributed by atoms with E-state index in [1.807, 2.05) is 0 Å². The highest BCUT2D eigenvalue weighted by molar-refractivity contribution is 6.46. The first kappa shape index (κ1) is 20.2. The van der Waals surface area contributed by atoms with Crippen LogP contribution in [0.2, 0.25) is 15.1 Å². The van der Waals surface area contributed by atoms with Gasteiger partial charge in [0.15, 0.2) is 11.9 Å². The van der Waals surface area contributed by atoms with Crippen LogP contribution in [-0.2, 0) is 9.53 Å². The summed E-state index contributed by atoms with van der Waals surface area (Å²) in [5.74, 6) is -1.70. The summed E-state index contributed by atoms with van der Waals surface area (Å²) in [7, 11) is 0. The van der Waals surface area contributed by atoms with Gasteiger partial charge in [-0.3, -0.25) is 9.59 Å². The van der Waals surface area contributed by atoms with Crippen LogP contribution >= 0.6 is 34.8 Å². The zero-order valence-electron chi connectivity index (χ0n) is 13.8. The van der Waals surface area contributed by atoms with Gasteiger partial charge in [0.2, 0.25) is 0 Å². The lowest BCUT2D eigenvalue weighted by atomic mass is 10.1. The fraction of sp³-hybridized carbons (Fsp3) is 0.167. The molecule has 0 saturated carbocycles. The molecule has 2 aromatic rings. The molecule has 2 rings (SSSR count). The van der Waals surface area contributed by atoms with E-state index in [-0.39, 0.29) is 26.4 Å². The van der Waals surface area contributed by atoms with Crippen LogP contribution in [0.5, 0.6) is 0 Å². The zero-order valence-corrected chi connectivity index (χ0v) is 16.1. The smallest absolute Gasteiger partial charge is 0.342 e. The second-order valence-corrected chi connectivity index (χ2v) is 6.55. The second-order valence-electron chi connectivity index (χ2n) is 5.36. The standard InChI is InChI=1S/C18H14Cl3NO4/c1-9(23)11-5-3-4-6-14(11)22-17(24)10(2)26-18(25)15-12(19)7-8-13(20)16(15)21/h3-8,10H,1-2H3,(H,22,24). The average Bonchev–Trinajstić information content (AvgIpc) is 2.58. The van der Waals surface area contributed by atoms with E-state index >= 15 is 0 Å². The molecule has 0 saturated heterocycles. The van der Waals surface area contributed by atoms with E-state index in [1.54, 1.807) is 24.3 Å². The van der Waals surface area contributed by atoms with E-state index in [0.717, 1.165) is 0 Å². The summed E-state index contributed by atoms with van der Waals surface area (Å²) < 4.78 is 5.12. The lowest BCUT2D eigenvalue weighted by molar-refractivity contribution is -0.123. The first-order valence-electron chi connectivity index (χ1n) is 7.47. The largest absolute Gasteiger partial charge is 0.449 e. The zero-order chi connectivity index (χ0) is 19.4. The Morgan fingerprint density at radius 2 is 1.62 bits per heavy atom. The Morgan fingerprint density at radius 1 is 1.00 bits per heavy atom. The highest BCUT2D eigenvalue weighted by Gasteiger charge is 2.24. The van der Waals surface area contributed by atoms with E-state index in [4.69, 9.17) is 39.5 Å². The van der Waals surface area contributed by atoms with Crippen molar-refractivity contribution >= 4 is 58.1 Å². The molecule has 0 aliphatic carbocycles. The summed E-state index contributed by atoms with van der Waals surface area (Å²) in [4.78, 5) is 36.2. The van der Waals surface area contributed by atoms with Crippen molar-refractivity contribution in [1.82, 2.24) is 0 Å². The van der Waals surface area contributed by atoms with Gasteiger partial charge < -0.3 is 10.1 Å². The van der Waals surface area contributed by atoms with Crippen molar-refractivity contribution in [3.63, 3.8) is 0 Å². The van der Waals surface area contributed by atoms with Gasteiger partial charge in [-0.2, -0.15) is 0 Å². The molecule has 2 aromatic carbocycles. The second kappa shape index (κ2) is 8.54. The topological polar surface area (TPSA) is 72.5 Å². The quantitative estimate of drug-likeness (QED) is 0.423. The number of hydrogen-bond donors (Lipinski definition) is 1. The number of hydrogen-bond acceptors (Lipinski definition) is 4. The predicted octanol–water partition coefficient (Wildman–Crippen LogP) is 5.03. The van der Waals surface area contributed by atoms with Crippen LogP contribution in [0.25, 0.3) is 0 Å². The monoisotopic (exact) mass is 413 g/mol. The molecule has 0 radical (unpaired) electrons. The van der Waals surface area contributed by atoms with Crippen molar-refractivity contribution in [3.8, 4) is 0 Å². The molecule has 0 spiro atoms. The number of carbonyl (C=O) groups is 3. The Hall–Kier alpha value is -2.08. The number of halogens is 3. The van der Waals surface area contributed by atoms with Crippen LogP contribution in [0.15, 0.2) is 36.4 Å². The first-order chi connectivity index (χ1) is 12.2. The third kappa shape index (κ3) is 4.55. The maximum atomic E-state index is 12.3. The van der Waals surface area contributed by atoms with Crippen LogP contribution < -0.4 is 5.32 Å². The van der Waals surface area contributed by atoms with Crippen LogP contribution in [-0.4, -0.2) is 23.8 Å². The number of rotatable bonds is 5. The van der Waals surface area contributed by atoms with Gasteiger partial charge in [0.1, 0.15) is 0 Å². The van der Waals surface area contributed by atoms with Crippen molar-refractivity contribution in [3.05, 3.63) is 62.6 Å². The van der Waals surface area contributed by atoms with Crippen LogP contribution in [0, 0.1) is 0 Å². The van der Waals surface area contributed by atoms with Crippen LogP contribution in [0.1, 0.15) is 34.6 Å². The lowest BCUT2D eigenvalue weighted by Crippen LogP contribution is -2.30. The molecule has 0 bridgehead atoms. The van der Waals surface area contributed by atoms with Gasteiger partial charge in [-0.05, 0) is 38.1 Å². The van der Waals surface area contributed by atoms with Gasteiger partial charge in [-0.15, -0.1) is 0 Å². The number of carbonyl (C=O) groups excluding carboxylic acids is 3. The van der Waals surface area contributed by atoms with E-state index < -0.39 is 18.0 Å². The number of Topliss-reactive ketones (excluding diaryl/α,β-unsaturated/α-hetero) is 1. The Bertz CT molecular complexity index is 883. The summed E-state index contributed by atoms with van der Waals surface area (Å²) in [6, 6.07) is 9.36. The fourth-order valence-electron chi connectivity index (χ4n) is 2.12. The number of amides is 1. The van der Waals surface area contributed by atoms with Gasteiger partial charge in [0, 0.05) is 5.56 Å². The molecule has 0 fully saturated rings. The van der Waals surface area contributed by atoms with E-state index in [1.165, 1.54) is 26.0 Å². The molecule has 0 aliphatic rings. The van der Waals surface area contributed by atoms with Crippen molar-refractivity contribution in [2.75, 3.05) is 5.32 Å². The molecule has 0 heterocycles. The van der Waals surface area contributed by atoms with Gasteiger partial charge in [0.25, 0.3) is 5.91 Å². The molecule has 1 unspecified atom stereocenters. The third-order valence-corrected chi connectivity index (χ3v) is 4.58. The first-order valence-corrected chi connectivity index (χ1v) is 8.61. The average molecular weight is 415 g/mol. The number of nitrogens with one attached hydrogen (secondary N) is 1. The van der Waals surface area contributed by atoms with Gasteiger partial charge in [0.05, 0.1) is 26.3 Å². The minimum absolute atomic E-state index is 0.0546. The number of ether oxygens (including phenoxy) is 1. The Labute approximate surface area is 165 Å². The van der Waals surface area contributed by atoms with E-state index in [9.17, 15) is 14.4 Å². The molecule has 8 heteroatoms. The minimum Gasteiger partial charge on any atom is -0.449 e. The number of anilines is 1. The molecule has 1 atom stereocenters. The summed E-state index contributed by atoms with van der Waals surface area (Å²) >= 11 is 17.8. The molecule has 1 N–H and O–H groups in total. The summed E-state index contributed by atoms with van der Waals surface area (Å²) in [6.07, 6.45) is -1.16. The predicted molar refractivity (Wildman–Crippen MR) is 101 cm³/mol. The number of ketones is 1. The normalized spacial score (nSPS) is 11.6. The minimum atomic E-state index is -1.16. The van der Waals surface area contributed by atoms with Crippen molar-refractivity contribution in [2.24, 2.45) is 0 Å². The molecule has 1 amide bonds. The molecule has 0 aromatic heterocycles. The van der Waals surface area contributed by atoms with Crippen molar-refractivity contribution in [2.45, 2.75) is 20.0 Å². The highest BCUT2D eigenvalue weighted by Crippen LogP contribution is 2.32. The van der Waals surface area contributed by atoms with Gasteiger partial charge >= 0.3 is 5.97 Å². The lowest BCUT2D eigenvalue weighted by Gasteiger charge is -2.16. The van der Waals surface area contributed by atoms with Gasteiger partial charge in [-0.1, -0.05) is 46.9 Å². The summed E-state index contributed by atoms with van der Waals surface area (Å²) in [5, 5.41) is 2.69.